The van der Waals surface area contributed by atoms with Gasteiger partial charge in [0.25, 0.3) is 0 Å². The van der Waals surface area contributed by atoms with Crippen LogP contribution < -0.4 is 0 Å². The fourth-order valence-corrected chi connectivity index (χ4v) is 1.86. The Hall–Kier alpha value is -1.37. The van der Waals surface area contributed by atoms with E-state index in [9.17, 15) is 9.59 Å². The van der Waals surface area contributed by atoms with Crippen LogP contribution in [-0.4, -0.2) is 51.3 Å². The minimum absolute atomic E-state index is 0.0398. The first-order valence-electron chi connectivity index (χ1n) is 5.63. The molecular formula is C11H18N4O2S. The number of hydrogen-bond donors (Lipinski definition) is 0. The van der Waals surface area contributed by atoms with E-state index in [2.05, 4.69) is 10.1 Å². The Morgan fingerprint density at radius 2 is 2.00 bits per heavy atom. The van der Waals surface area contributed by atoms with Crippen LogP contribution in [0.25, 0.3) is 0 Å². The van der Waals surface area contributed by atoms with E-state index in [0.29, 0.717) is 11.0 Å². The molecule has 7 heteroatoms. The van der Waals surface area contributed by atoms with Crippen LogP contribution in [-0.2, 0) is 4.79 Å². The smallest absolute Gasteiger partial charge is 0.329 e. The van der Waals surface area contributed by atoms with E-state index in [1.54, 1.807) is 14.1 Å². The molecule has 18 heavy (non-hydrogen) atoms. The van der Waals surface area contributed by atoms with Crippen LogP contribution >= 0.6 is 11.8 Å². The Balaban J connectivity index is 3.05. The van der Waals surface area contributed by atoms with Crippen LogP contribution in [0.4, 0.5) is 4.79 Å². The number of aromatic nitrogens is 3. The van der Waals surface area contributed by atoms with Crippen molar-refractivity contribution in [2.45, 2.75) is 31.8 Å². The van der Waals surface area contributed by atoms with Crippen LogP contribution in [0.15, 0.2) is 5.16 Å². The monoisotopic (exact) mass is 270 g/mol. The summed E-state index contributed by atoms with van der Waals surface area (Å²) in [6.45, 7) is 5.42. The Morgan fingerprint density at radius 3 is 2.44 bits per heavy atom. The maximum Gasteiger partial charge on any atom is 0.346 e. The highest BCUT2D eigenvalue weighted by Gasteiger charge is 2.19. The summed E-state index contributed by atoms with van der Waals surface area (Å²) in [5.41, 5.74) is 0. The first kappa shape index (κ1) is 14.7. The van der Waals surface area contributed by atoms with Crippen molar-refractivity contribution in [3.05, 3.63) is 5.82 Å². The molecule has 0 aromatic carbocycles. The van der Waals surface area contributed by atoms with Gasteiger partial charge in [0, 0.05) is 20.0 Å². The second-order valence-corrected chi connectivity index (χ2v) is 5.43. The zero-order valence-corrected chi connectivity index (χ0v) is 12.1. The molecule has 1 amide bonds. The maximum atomic E-state index is 11.9. The SMILES string of the molecule is CC(=O)CSc1nc(C(C)C)nn1C(=O)N(C)C. The molecule has 0 N–H and O–H groups in total. The molecule has 1 aromatic rings. The van der Waals surface area contributed by atoms with Crippen LogP contribution in [0.2, 0.25) is 0 Å². The standard InChI is InChI=1S/C11H18N4O2S/c1-7(2)9-12-10(18-6-8(3)16)15(13-9)11(17)14(4)5/h7H,6H2,1-5H3. The van der Waals surface area contributed by atoms with Crippen molar-refractivity contribution in [1.29, 1.82) is 0 Å². The minimum atomic E-state index is -0.263. The van der Waals surface area contributed by atoms with E-state index in [1.165, 1.54) is 28.3 Å². The summed E-state index contributed by atoms with van der Waals surface area (Å²) >= 11 is 1.23. The highest BCUT2D eigenvalue weighted by atomic mass is 32.2. The van der Waals surface area contributed by atoms with Crippen molar-refractivity contribution in [2.75, 3.05) is 19.8 Å². The van der Waals surface area contributed by atoms with Gasteiger partial charge in [-0.2, -0.15) is 4.68 Å². The molecule has 0 atom stereocenters. The molecule has 0 aliphatic rings. The van der Waals surface area contributed by atoms with Gasteiger partial charge in [-0.15, -0.1) is 5.10 Å². The third-order valence-electron chi connectivity index (χ3n) is 2.08. The Morgan fingerprint density at radius 1 is 1.39 bits per heavy atom. The van der Waals surface area contributed by atoms with Gasteiger partial charge in [-0.1, -0.05) is 25.6 Å². The summed E-state index contributed by atoms with van der Waals surface area (Å²) in [5, 5.41) is 4.66. The lowest BCUT2D eigenvalue weighted by Gasteiger charge is -2.10. The molecule has 0 spiro atoms. The van der Waals surface area contributed by atoms with E-state index < -0.39 is 0 Å². The third kappa shape index (κ3) is 3.56. The normalized spacial score (nSPS) is 10.8. The van der Waals surface area contributed by atoms with Gasteiger partial charge < -0.3 is 4.90 Å². The number of amides is 1. The van der Waals surface area contributed by atoms with Gasteiger partial charge in [0.05, 0.1) is 5.75 Å². The molecule has 0 fully saturated rings. The summed E-state index contributed by atoms with van der Waals surface area (Å²) in [7, 11) is 3.30. The molecule has 100 valence electrons. The molecule has 0 radical (unpaired) electrons. The maximum absolute atomic E-state index is 11.9. The molecule has 0 aliphatic heterocycles. The lowest BCUT2D eigenvalue weighted by Crippen LogP contribution is -2.29. The predicted octanol–water partition coefficient (Wildman–Crippen LogP) is 1.61. The molecule has 0 bridgehead atoms. The van der Waals surface area contributed by atoms with E-state index in [1.807, 2.05) is 13.8 Å². The van der Waals surface area contributed by atoms with Crippen molar-refractivity contribution in [2.24, 2.45) is 0 Å². The number of carbonyl (C=O) groups is 2. The Labute approximate surface area is 111 Å². The second-order valence-electron chi connectivity index (χ2n) is 4.49. The van der Waals surface area contributed by atoms with Gasteiger partial charge in [-0.3, -0.25) is 4.79 Å². The molecule has 1 rings (SSSR count). The number of Topliss-reactive ketones (excluding diaryl/α,β-unsaturated/α-hetero) is 1. The van der Waals surface area contributed by atoms with E-state index >= 15 is 0 Å². The van der Waals surface area contributed by atoms with Gasteiger partial charge in [0.15, 0.2) is 11.0 Å². The molecule has 1 aromatic heterocycles. The van der Waals surface area contributed by atoms with Crippen molar-refractivity contribution >= 4 is 23.6 Å². The van der Waals surface area contributed by atoms with E-state index in [-0.39, 0.29) is 23.5 Å². The average molecular weight is 270 g/mol. The summed E-state index contributed by atoms with van der Waals surface area (Å²) in [6.07, 6.45) is 0. The van der Waals surface area contributed by atoms with Gasteiger partial charge >= 0.3 is 6.03 Å². The highest BCUT2D eigenvalue weighted by molar-refractivity contribution is 7.99. The van der Waals surface area contributed by atoms with Crippen LogP contribution in [0.3, 0.4) is 0 Å². The number of rotatable bonds is 4. The molecular weight excluding hydrogens is 252 g/mol. The number of carbonyl (C=O) groups excluding carboxylic acids is 2. The Kier molecular flexibility index (Phi) is 4.89. The van der Waals surface area contributed by atoms with Crippen LogP contribution in [0.1, 0.15) is 32.5 Å². The Bertz CT molecular complexity index is 454. The molecule has 0 aliphatic carbocycles. The van der Waals surface area contributed by atoms with Crippen LogP contribution in [0.5, 0.6) is 0 Å². The van der Waals surface area contributed by atoms with Gasteiger partial charge in [0.2, 0.25) is 0 Å². The molecule has 0 saturated heterocycles. The first-order valence-corrected chi connectivity index (χ1v) is 6.62. The summed E-state index contributed by atoms with van der Waals surface area (Å²) < 4.78 is 1.25. The van der Waals surface area contributed by atoms with Crippen molar-refractivity contribution in [3.8, 4) is 0 Å². The zero-order valence-electron chi connectivity index (χ0n) is 11.3. The summed E-state index contributed by atoms with van der Waals surface area (Å²) in [5.74, 6) is 1.07. The quantitative estimate of drug-likeness (QED) is 0.778. The van der Waals surface area contributed by atoms with E-state index in [0.717, 1.165) is 0 Å². The van der Waals surface area contributed by atoms with Gasteiger partial charge in [-0.25, -0.2) is 9.78 Å². The summed E-state index contributed by atoms with van der Waals surface area (Å²) in [4.78, 5) is 28.7. The number of thioether (sulfide) groups is 1. The van der Waals surface area contributed by atoms with E-state index in [4.69, 9.17) is 0 Å². The lowest BCUT2D eigenvalue weighted by atomic mass is 10.2. The number of hydrogen-bond acceptors (Lipinski definition) is 5. The van der Waals surface area contributed by atoms with Crippen molar-refractivity contribution in [3.63, 3.8) is 0 Å². The topological polar surface area (TPSA) is 68.1 Å². The van der Waals surface area contributed by atoms with Gasteiger partial charge in [-0.05, 0) is 6.92 Å². The third-order valence-corrected chi connectivity index (χ3v) is 3.15. The highest BCUT2D eigenvalue weighted by Crippen LogP contribution is 2.19. The zero-order chi connectivity index (χ0) is 13.9. The van der Waals surface area contributed by atoms with Crippen LogP contribution in [0, 0.1) is 0 Å². The average Bonchev–Trinajstić information content (AvgIpc) is 2.69. The minimum Gasteiger partial charge on any atom is -0.329 e. The largest absolute Gasteiger partial charge is 0.346 e. The molecule has 1 heterocycles. The molecule has 0 saturated carbocycles. The summed E-state index contributed by atoms with van der Waals surface area (Å²) in [6, 6.07) is -0.263. The second kappa shape index (κ2) is 5.99. The van der Waals surface area contributed by atoms with Crippen molar-refractivity contribution in [1.82, 2.24) is 19.7 Å². The molecule has 0 unspecified atom stereocenters. The fraction of sp³-hybridized carbons (Fsp3) is 0.636. The number of nitrogens with zero attached hydrogens (tertiary/aromatic N) is 4. The lowest BCUT2D eigenvalue weighted by molar-refractivity contribution is -0.114. The first-order chi connectivity index (χ1) is 8.32. The number of ketones is 1. The van der Waals surface area contributed by atoms with Crippen molar-refractivity contribution < 1.29 is 9.59 Å². The predicted molar refractivity (Wildman–Crippen MR) is 70.0 cm³/mol. The fourth-order valence-electron chi connectivity index (χ4n) is 1.13. The molecule has 6 nitrogen and oxygen atoms in total. The van der Waals surface area contributed by atoms with Gasteiger partial charge in [0.1, 0.15) is 5.78 Å².